The highest BCUT2D eigenvalue weighted by molar-refractivity contribution is 7.10. The Morgan fingerprint density at radius 2 is 2.08 bits per heavy atom. The van der Waals surface area contributed by atoms with E-state index >= 15 is 0 Å². The number of amides is 1. The minimum absolute atomic E-state index is 0.0256. The second-order valence-corrected chi connectivity index (χ2v) is 8.05. The van der Waals surface area contributed by atoms with Crippen LogP contribution in [0.4, 0.5) is 5.69 Å². The van der Waals surface area contributed by atoms with Crippen molar-refractivity contribution in [3.05, 3.63) is 51.7 Å². The fourth-order valence-corrected chi connectivity index (χ4v) is 4.91. The number of carbonyl (C=O) groups is 1. The number of nitrogens with one attached hydrogen (secondary N) is 1. The Bertz CT molecular complexity index is 725. The minimum Gasteiger partial charge on any atom is -0.399 e. The molecule has 1 aliphatic rings. The van der Waals surface area contributed by atoms with Gasteiger partial charge >= 0.3 is 0 Å². The number of thiophene rings is 1. The number of nitrogens with zero attached hydrogens (tertiary/aromatic N) is 1. The van der Waals surface area contributed by atoms with Gasteiger partial charge in [-0.3, -0.25) is 9.69 Å². The van der Waals surface area contributed by atoms with Crippen LogP contribution in [0.15, 0.2) is 35.7 Å². The highest BCUT2D eigenvalue weighted by Gasteiger charge is 2.31. The molecule has 0 saturated heterocycles. The van der Waals surface area contributed by atoms with Crippen molar-refractivity contribution < 1.29 is 4.79 Å². The molecule has 3 N–H and O–H groups in total. The lowest BCUT2D eigenvalue weighted by molar-refractivity contribution is 0.0942. The summed E-state index contributed by atoms with van der Waals surface area (Å²) in [5.74, 6) is -0.0256. The maximum Gasteiger partial charge on any atom is 0.251 e. The van der Waals surface area contributed by atoms with Crippen LogP contribution in [0.2, 0.25) is 0 Å². The average molecular weight is 372 g/mol. The molecule has 2 atom stereocenters. The first-order valence-electron chi connectivity index (χ1n) is 9.56. The van der Waals surface area contributed by atoms with Crippen LogP contribution in [0.1, 0.15) is 60.0 Å². The van der Waals surface area contributed by atoms with Crippen molar-refractivity contribution in [3.63, 3.8) is 0 Å². The largest absolute Gasteiger partial charge is 0.399 e. The van der Waals surface area contributed by atoms with E-state index < -0.39 is 0 Å². The highest BCUT2D eigenvalue weighted by Crippen LogP contribution is 2.37. The van der Waals surface area contributed by atoms with Crippen LogP contribution in [-0.4, -0.2) is 29.9 Å². The second-order valence-electron chi connectivity index (χ2n) is 7.10. The molecule has 0 fully saturated rings. The minimum atomic E-state index is -0.0256. The first-order chi connectivity index (χ1) is 12.6. The van der Waals surface area contributed by atoms with Crippen molar-refractivity contribution in [2.45, 2.75) is 51.6 Å². The molecule has 0 spiro atoms. The topological polar surface area (TPSA) is 58.4 Å². The number of hydrogen-bond acceptors (Lipinski definition) is 4. The van der Waals surface area contributed by atoms with Crippen LogP contribution in [-0.2, 0) is 6.42 Å². The molecule has 0 radical (unpaired) electrons. The lowest BCUT2D eigenvalue weighted by Gasteiger charge is -2.40. The third kappa shape index (κ3) is 4.27. The van der Waals surface area contributed by atoms with Crippen LogP contribution in [0.5, 0.6) is 0 Å². The first-order valence-corrected chi connectivity index (χ1v) is 10.4. The normalized spacial score (nSPS) is 19.9. The van der Waals surface area contributed by atoms with Crippen molar-refractivity contribution in [2.75, 3.05) is 18.8 Å². The standard InChI is InChI=1S/C21H29N3OS/c1-3-5-19-14-17-10-13-26-20(17)15(2)24(19)12-4-11-23-21(25)16-6-8-18(22)9-7-16/h6-10,13,15,19H,3-5,11-12,14,22H2,1-2H3,(H,23,25)/t15-,19+/m0/s1. The number of nitrogen functional groups attached to an aromatic ring is 1. The summed E-state index contributed by atoms with van der Waals surface area (Å²) in [4.78, 5) is 16.4. The summed E-state index contributed by atoms with van der Waals surface area (Å²) >= 11 is 1.88. The fourth-order valence-electron chi connectivity index (χ4n) is 3.90. The monoisotopic (exact) mass is 371 g/mol. The van der Waals surface area contributed by atoms with Gasteiger partial charge in [-0.15, -0.1) is 11.3 Å². The summed E-state index contributed by atoms with van der Waals surface area (Å²) in [6.45, 7) is 6.30. The van der Waals surface area contributed by atoms with Gasteiger partial charge in [-0.1, -0.05) is 13.3 Å². The number of rotatable bonds is 7. The predicted molar refractivity (Wildman–Crippen MR) is 110 cm³/mol. The van der Waals surface area contributed by atoms with Crippen molar-refractivity contribution in [1.29, 1.82) is 0 Å². The predicted octanol–water partition coefficient (Wildman–Crippen LogP) is 4.24. The maximum atomic E-state index is 12.2. The number of carbonyl (C=O) groups excluding carboxylic acids is 1. The number of anilines is 1. The van der Waals surface area contributed by atoms with E-state index in [4.69, 9.17) is 5.73 Å². The summed E-state index contributed by atoms with van der Waals surface area (Å²) < 4.78 is 0. The molecule has 2 aromatic rings. The first kappa shape index (κ1) is 18.9. The van der Waals surface area contributed by atoms with Crippen molar-refractivity contribution in [3.8, 4) is 0 Å². The molecule has 1 aromatic carbocycles. The van der Waals surface area contributed by atoms with E-state index in [1.54, 1.807) is 24.3 Å². The zero-order valence-electron chi connectivity index (χ0n) is 15.7. The summed E-state index contributed by atoms with van der Waals surface area (Å²) in [7, 11) is 0. The summed E-state index contributed by atoms with van der Waals surface area (Å²) in [5.41, 5.74) is 8.55. The molecule has 4 nitrogen and oxygen atoms in total. The van der Waals surface area contributed by atoms with Crippen LogP contribution in [0.3, 0.4) is 0 Å². The Morgan fingerprint density at radius 3 is 2.81 bits per heavy atom. The van der Waals surface area contributed by atoms with Crippen molar-refractivity contribution >= 4 is 22.9 Å². The fraction of sp³-hybridized carbons (Fsp3) is 0.476. The molecule has 2 heterocycles. The van der Waals surface area contributed by atoms with Crippen LogP contribution >= 0.6 is 11.3 Å². The molecule has 0 saturated carbocycles. The molecule has 5 heteroatoms. The molecule has 3 rings (SSSR count). The lowest BCUT2D eigenvalue weighted by atomic mass is 9.92. The summed E-state index contributed by atoms with van der Waals surface area (Å²) in [6.07, 6.45) is 4.57. The highest BCUT2D eigenvalue weighted by atomic mass is 32.1. The van der Waals surface area contributed by atoms with Crippen LogP contribution < -0.4 is 11.1 Å². The third-order valence-corrected chi connectivity index (χ3v) is 6.39. The van der Waals surface area contributed by atoms with Crippen molar-refractivity contribution in [1.82, 2.24) is 10.2 Å². The molecule has 0 aliphatic carbocycles. The van der Waals surface area contributed by atoms with E-state index in [2.05, 4.69) is 35.5 Å². The number of benzene rings is 1. The van der Waals surface area contributed by atoms with Crippen LogP contribution in [0.25, 0.3) is 0 Å². The summed E-state index contributed by atoms with van der Waals surface area (Å²) in [6, 6.07) is 10.5. The molecule has 1 aliphatic heterocycles. The van der Waals surface area contributed by atoms with Gasteiger partial charge in [0, 0.05) is 41.3 Å². The third-order valence-electron chi connectivity index (χ3n) is 5.26. The number of hydrogen-bond donors (Lipinski definition) is 2. The average Bonchev–Trinajstić information content (AvgIpc) is 3.10. The second kappa shape index (κ2) is 8.69. The molecule has 140 valence electrons. The molecule has 1 amide bonds. The van der Waals surface area contributed by atoms with E-state index in [-0.39, 0.29) is 5.91 Å². The zero-order chi connectivity index (χ0) is 18.5. The number of nitrogens with two attached hydrogens (primary N) is 1. The van der Waals surface area contributed by atoms with E-state index in [0.717, 1.165) is 19.4 Å². The molecule has 26 heavy (non-hydrogen) atoms. The Labute approximate surface area is 160 Å². The van der Waals surface area contributed by atoms with Crippen molar-refractivity contribution in [2.24, 2.45) is 0 Å². The van der Waals surface area contributed by atoms with Gasteiger partial charge in [0.15, 0.2) is 0 Å². The van der Waals surface area contributed by atoms with Gasteiger partial charge in [0.1, 0.15) is 0 Å². The van der Waals surface area contributed by atoms with E-state index in [0.29, 0.717) is 29.9 Å². The van der Waals surface area contributed by atoms with Gasteiger partial charge in [0.25, 0.3) is 5.91 Å². The zero-order valence-corrected chi connectivity index (χ0v) is 16.5. The molecular formula is C21H29N3OS. The Balaban J connectivity index is 1.52. The van der Waals surface area contributed by atoms with Gasteiger partial charge < -0.3 is 11.1 Å². The molecule has 0 unspecified atom stereocenters. The Morgan fingerprint density at radius 1 is 1.31 bits per heavy atom. The quantitative estimate of drug-likeness (QED) is 0.565. The Hall–Kier alpha value is -1.85. The van der Waals surface area contributed by atoms with Gasteiger partial charge in [-0.05, 0) is 67.5 Å². The van der Waals surface area contributed by atoms with Gasteiger partial charge in [-0.25, -0.2) is 0 Å². The van der Waals surface area contributed by atoms with E-state index in [1.165, 1.54) is 23.3 Å². The van der Waals surface area contributed by atoms with Gasteiger partial charge in [-0.2, -0.15) is 0 Å². The van der Waals surface area contributed by atoms with E-state index in [9.17, 15) is 4.79 Å². The lowest BCUT2D eigenvalue weighted by Crippen LogP contribution is -2.43. The molecular weight excluding hydrogens is 342 g/mol. The Kier molecular flexibility index (Phi) is 6.33. The smallest absolute Gasteiger partial charge is 0.251 e. The van der Waals surface area contributed by atoms with Crippen LogP contribution in [0, 0.1) is 0 Å². The number of fused-ring (bicyclic) bond motifs is 1. The van der Waals surface area contributed by atoms with Gasteiger partial charge in [0.2, 0.25) is 0 Å². The molecule has 1 aromatic heterocycles. The van der Waals surface area contributed by atoms with E-state index in [1.807, 2.05) is 11.3 Å². The van der Waals surface area contributed by atoms with Gasteiger partial charge in [0.05, 0.1) is 0 Å². The summed E-state index contributed by atoms with van der Waals surface area (Å²) in [5, 5.41) is 5.25. The molecule has 0 bridgehead atoms. The SMILES string of the molecule is CCC[C@@H]1Cc2ccsc2[C@H](C)N1CCCNC(=O)c1ccc(N)cc1. The maximum absolute atomic E-state index is 12.2.